The molecule has 22 heavy (non-hydrogen) atoms. The van der Waals surface area contributed by atoms with Gasteiger partial charge in [0.2, 0.25) is 11.0 Å². The standard InChI is InChI=1S/C15H18N4OS2/c1-4-7-16-14-18-19-15(22-14)21-9-13(20)17-12-6-5-10(2)11(3)8-12/h4-6,8H,1,7,9H2,2-3H3,(H,16,18)(H,17,20). The van der Waals surface area contributed by atoms with Gasteiger partial charge in [0.1, 0.15) is 0 Å². The SMILES string of the molecule is C=CCNc1nnc(SCC(=O)Nc2ccc(C)c(C)c2)s1. The van der Waals surface area contributed by atoms with Crippen LogP contribution in [0.3, 0.4) is 0 Å². The zero-order valence-corrected chi connectivity index (χ0v) is 14.2. The van der Waals surface area contributed by atoms with Gasteiger partial charge in [0.15, 0.2) is 4.34 Å². The number of benzene rings is 1. The minimum absolute atomic E-state index is 0.0518. The van der Waals surface area contributed by atoms with Crippen molar-refractivity contribution in [2.24, 2.45) is 0 Å². The molecule has 0 aliphatic heterocycles. The number of anilines is 2. The highest BCUT2D eigenvalue weighted by atomic mass is 32.2. The third kappa shape index (κ3) is 4.85. The Labute approximate surface area is 138 Å². The van der Waals surface area contributed by atoms with Crippen LogP contribution in [0.2, 0.25) is 0 Å². The highest BCUT2D eigenvalue weighted by Crippen LogP contribution is 2.25. The summed E-state index contributed by atoms with van der Waals surface area (Å²) in [4.78, 5) is 12.0. The van der Waals surface area contributed by atoms with Gasteiger partial charge >= 0.3 is 0 Å². The van der Waals surface area contributed by atoms with E-state index in [1.165, 1.54) is 28.7 Å². The molecule has 0 aliphatic rings. The van der Waals surface area contributed by atoms with Gasteiger partial charge in [0, 0.05) is 12.2 Å². The molecule has 7 heteroatoms. The van der Waals surface area contributed by atoms with Crippen molar-refractivity contribution in [3.8, 4) is 0 Å². The van der Waals surface area contributed by atoms with Crippen LogP contribution in [0.5, 0.6) is 0 Å². The van der Waals surface area contributed by atoms with Gasteiger partial charge in [-0.2, -0.15) is 0 Å². The second-order valence-corrected chi connectivity index (χ2v) is 6.88. The van der Waals surface area contributed by atoms with E-state index < -0.39 is 0 Å². The van der Waals surface area contributed by atoms with E-state index in [4.69, 9.17) is 0 Å². The lowest BCUT2D eigenvalue weighted by Crippen LogP contribution is -2.14. The first-order chi connectivity index (χ1) is 10.6. The van der Waals surface area contributed by atoms with Crippen LogP contribution in [0.25, 0.3) is 0 Å². The number of aromatic nitrogens is 2. The number of aryl methyl sites for hydroxylation is 2. The maximum absolute atomic E-state index is 12.0. The van der Waals surface area contributed by atoms with E-state index in [2.05, 4.69) is 27.4 Å². The highest BCUT2D eigenvalue weighted by Gasteiger charge is 2.08. The first kappa shape index (κ1) is 16.5. The number of carbonyl (C=O) groups excluding carboxylic acids is 1. The number of nitrogens with zero attached hydrogens (tertiary/aromatic N) is 2. The van der Waals surface area contributed by atoms with Crippen molar-refractivity contribution in [2.75, 3.05) is 22.9 Å². The van der Waals surface area contributed by atoms with E-state index in [0.717, 1.165) is 20.7 Å². The molecular formula is C15H18N4OS2. The lowest BCUT2D eigenvalue weighted by atomic mass is 10.1. The molecule has 116 valence electrons. The van der Waals surface area contributed by atoms with Crippen molar-refractivity contribution >= 4 is 39.8 Å². The summed E-state index contributed by atoms with van der Waals surface area (Å²) in [5.74, 6) is 0.257. The molecule has 2 rings (SSSR count). The monoisotopic (exact) mass is 334 g/mol. The molecule has 1 amide bonds. The predicted octanol–water partition coefficient (Wildman–Crippen LogP) is 3.48. The van der Waals surface area contributed by atoms with Crippen LogP contribution in [0.4, 0.5) is 10.8 Å². The maximum Gasteiger partial charge on any atom is 0.234 e. The van der Waals surface area contributed by atoms with E-state index in [1.54, 1.807) is 6.08 Å². The van der Waals surface area contributed by atoms with Gasteiger partial charge in [-0.15, -0.1) is 16.8 Å². The summed E-state index contributed by atoms with van der Waals surface area (Å²) in [7, 11) is 0. The van der Waals surface area contributed by atoms with Crippen LogP contribution in [-0.4, -0.2) is 28.4 Å². The number of hydrogen-bond donors (Lipinski definition) is 2. The summed E-state index contributed by atoms with van der Waals surface area (Å²) in [6.07, 6.45) is 1.76. The highest BCUT2D eigenvalue weighted by molar-refractivity contribution is 8.01. The summed E-state index contributed by atoms with van der Waals surface area (Å²) >= 11 is 2.80. The Morgan fingerprint density at radius 2 is 2.18 bits per heavy atom. The molecule has 0 spiro atoms. The molecule has 0 bridgehead atoms. The molecule has 1 heterocycles. The number of thioether (sulfide) groups is 1. The van der Waals surface area contributed by atoms with E-state index in [9.17, 15) is 4.79 Å². The van der Waals surface area contributed by atoms with E-state index in [1.807, 2.05) is 32.0 Å². The normalized spacial score (nSPS) is 10.3. The summed E-state index contributed by atoms with van der Waals surface area (Å²) in [5.41, 5.74) is 3.19. The number of hydrogen-bond acceptors (Lipinski definition) is 6. The Hall–Kier alpha value is -1.86. The molecule has 0 radical (unpaired) electrons. The fraction of sp³-hybridized carbons (Fsp3) is 0.267. The first-order valence-corrected chi connectivity index (χ1v) is 8.57. The van der Waals surface area contributed by atoms with Crippen LogP contribution in [0.15, 0.2) is 35.2 Å². The van der Waals surface area contributed by atoms with Gasteiger partial charge in [-0.1, -0.05) is 35.2 Å². The zero-order chi connectivity index (χ0) is 15.9. The minimum Gasteiger partial charge on any atom is -0.357 e. The van der Waals surface area contributed by atoms with Crippen LogP contribution in [0, 0.1) is 13.8 Å². The Morgan fingerprint density at radius 1 is 1.36 bits per heavy atom. The topological polar surface area (TPSA) is 66.9 Å². The van der Waals surface area contributed by atoms with Crippen molar-refractivity contribution in [1.82, 2.24) is 10.2 Å². The van der Waals surface area contributed by atoms with Crippen LogP contribution >= 0.6 is 23.1 Å². The molecule has 0 atom stereocenters. The van der Waals surface area contributed by atoms with Gasteiger partial charge in [-0.05, 0) is 37.1 Å². The summed E-state index contributed by atoms with van der Waals surface area (Å²) in [5, 5.41) is 14.7. The number of rotatable bonds is 7. The first-order valence-electron chi connectivity index (χ1n) is 6.76. The van der Waals surface area contributed by atoms with Gasteiger partial charge in [-0.3, -0.25) is 4.79 Å². The maximum atomic E-state index is 12.0. The third-order valence-corrected chi connectivity index (χ3v) is 4.94. The largest absolute Gasteiger partial charge is 0.357 e. The molecule has 5 nitrogen and oxygen atoms in total. The van der Waals surface area contributed by atoms with Gasteiger partial charge in [0.05, 0.1) is 5.75 Å². The Bertz CT molecular complexity index is 669. The Morgan fingerprint density at radius 3 is 2.91 bits per heavy atom. The lowest BCUT2D eigenvalue weighted by Gasteiger charge is -2.06. The smallest absolute Gasteiger partial charge is 0.234 e. The number of carbonyl (C=O) groups is 1. The minimum atomic E-state index is -0.0518. The molecule has 2 N–H and O–H groups in total. The lowest BCUT2D eigenvalue weighted by molar-refractivity contribution is -0.113. The Balaban J connectivity index is 1.83. The van der Waals surface area contributed by atoms with Crippen molar-refractivity contribution in [2.45, 2.75) is 18.2 Å². The molecule has 0 saturated heterocycles. The zero-order valence-electron chi connectivity index (χ0n) is 12.5. The molecular weight excluding hydrogens is 316 g/mol. The van der Waals surface area contributed by atoms with E-state index in [0.29, 0.717) is 12.3 Å². The van der Waals surface area contributed by atoms with Gasteiger partial charge in [-0.25, -0.2) is 0 Å². The summed E-state index contributed by atoms with van der Waals surface area (Å²) < 4.78 is 0.766. The van der Waals surface area contributed by atoms with Crippen molar-refractivity contribution in [3.63, 3.8) is 0 Å². The summed E-state index contributed by atoms with van der Waals surface area (Å²) in [6, 6.07) is 5.88. The number of nitrogens with one attached hydrogen (secondary N) is 2. The fourth-order valence-electron chi connectivity index (χ4n) is 1.64. The van der Waals surface area contributed by atoms with Crippen molar-refractivity contribution in [1.29, 1.82) is 0 Å². The molecule has 1 aromatic carbocycles. The van der Waals surface area contributed by atoms with Gasteiger partial charge < -0.3 is 10.6 Å². The molecule has 0 fully saturated rings. The van der Waals surface area contributed by atoms with E-state index in [-0.39, 0.29) is 5.91 Å². The average Bonchev–Trinajstić information content (AvgIpc) is 2.95. The second kappa shape index (κ2) is 7.95. The van der Waals surface area contributed by atoms with Crippen LogP contribution < -0.4 is 10.6 Å². The molecule has 0 saturated carbocycles. The van der Waals surface area contributed by atoms with Gasteiger partial charge in [0.25, 0.3) is 0 Å². The molecule has 0 aliphatic carbocycles. The molecule has 1 aromatic heterocycles. The molecule has 2 aromatic rings. The quantitative estimate of drug-likeness (QED) is 0.599. The van der Waals surface area contributed by atoms with Crippen molar-refractivity contribution < 1.29 is 4.79 Å². The van der Waals surface area contributed by atoms with Crippen molar-refractivity contribution in [3.05, 3.63) is 42.0 Å². The predicted molar refractivity (Wildman–Crippen MR) is 93.9 cm³/mol. The second-order valence-electron chi connectivity index (χ2n) is 4.68. The third-order valence-electron chi connectivity index (χ3n) is 2.92. The fourth-order valence-corrected chi connectivity index (χ4v) is 3.20. The van der Waals surface area contributed by atoms with Crippen LogP contribution in [-0.2, 0) is 4.79 Å². The molecule has 0 unspecified atom stereocenters. The summed E-state index contributed by atoms with van der Waals surface area (Å²) in [6.45, 7) is 8.35. The van der Waals surface area contributed by atoms with E-state index >= 15 is 0 Å². The average molecular weight is 334 g/mol. The van der Waals surface area contributed by atoms with Crippen LogP contribution in [0.1, 0.15) is 11.1 Å². The number of amides is 1. The Kier molecular flexibility index (Phi) is 5.97.